The largest absolute Gasteiger partial charge is 0.468 e. The first-order valence-electron chi connectivity index (χ1n) is 4.01. The van der Waals surface area contributed by atoms with E-state index in [9.17, 15) is 4.79 Å². The van der Waals surface area contributed by atoms with Gasteiger partial charge in [-0.3, -0.25) is 9.69 Å². The van der Waals surface area contributed by atoms with Crippen LogP contribution in [0.15, 0.2) is 0 Å². The summed E-state index contributed by atoms with van der Waals surface area (Å²) in [6, 6.07) is -0.222. The van der Waals surface area contributed by atoms with Crippen LogP contribution in [-0.4, -0.2) is 50.8 Å². The summed E-state index contributed by atoms with van der Waals surface area (Å²) in [5, 5.41) is 0. The van der Waals surface area contributed by atoms with Crippen molar-refractivity contribution in [1.82, 2.24) is 4.90 Å². The molecule has 4 nitrogen and oxygen atoms in total. The summed E-state index contributed by atoms with van der Waals surface area (Å²) < 4.78 is 9.85. The van der Waals surface area contributed by atoms with Crippen LogP contribution in [0.5, 0.6) is 0 Å². The summed E-state index contributed by atoms with van der Waals surface area (Å²) in [5.74, 6) is -0.207. The van der Waals surface area contributed by atoms with Crippen LogP contribution < -0.4 is 0 Å². The van der Waals surface area contributed by atoms with Gasteiger partial charge in [0, 0.05) is 13.7 Å². The van der Waals surface area contributed by atoms with Crippen molar-refractivity contribution >= 4 is 5.97 Å². The van der Waals surface area contributed by atoms with Crippen molar-refractivity contribution in [3.8, 4) is 0 Å². The number of carbonyl (C=O) groups excluding carboxylic acids is 1. The molecule has 2 atom stereocenters. The molecule has 0 radical (unpaired) electrons. The van der Waals surface area contributed by atoms with Crippen molar-refractivity contribution < 1.29 is 14.3 Å². The van der Waals surface area contributed by atoms with Crippen LogP contribution in [0.4, 0.5) is 0 Å². The third-order valence-corrected chi connectivity index (χ3v) is 2.34. The van der Waals surface area contributed by atoms with Gasteiger partial charge < -0.3 is 9.47 Å². The molecule has 4 heteroatoms. The van der Waals surface area contributed by atoms with Gasteiger partial charge in [0.25, 0.3) is 0 Å². The Morgan fingerprint density at radius 1 is 1.50 bits per heavy atom. The Kier molecular flexibility index (Phi) is 3.05. The number of hydrogen-bond acceptors (Lipinski definition) is 4. The molecule has 0 saturated carbocycles. The van der Waals surface area contributed by atoms with Crippen LogP contribution in [0.25, 0.3) is 0 Å². The maximum absolute atomic E-state index is 11.2. The second-order valence-electron chi connectivity index (χ2n) is 3.01. The first-order chi connectivity index (χ1) is 5.70. The number of methoxy groups -OCH3 is 2. The molecule has 1 fully saturated rings. The molecule has 1 aliphatic heterocycles. The van der Waals surface area contributed by atoms with E-state index in [2.05, 4.69) is 4.74 Å². The number of likely N-dealkylation sites (tertiary alicyclic amines) is 1. The lowest BCUT2D eigenvalue weighted by Gasteiger charge is -2.20. The highest BCUT2D eigenvalue weighted by Crippen LogP contribution is 2.19. The maximum atomic E-state index is 11.2. The quantitative estimate of drug-likeness (QED) is 0.546. The van der Waals surface area contributed by atoms with Crippen molar-refractivity contribution in [3.63, 3.8) is 0 Å². The zero-order valence-corrected chi connectivity index (χ0v) is 7.74. The Bertz CT molecular complexity index is 172. The molecule has 1 saturated heterocycles. The van der Waals surface area contributed by atoms with Crippen molar-refractivity contribution in [2.75, 3.05) is 27.8 Å². The van der Waals surface area contributed by atoms with E-state index in [4.69, 9.17) is 4.74 Å². The lowest BCUT2D eigenvalue weighted by Crippen LogP contribution is -2.41. The number of esters is 1. The zero-order chi connectivity index (χ0) is 9.14. The summed E-state index contributed by atoms with van der Waals surface area (Å²) in [6.07, 6.45) is 0.884. The summed E-state index contributed by atoms with van der Waals surface area (Å²) in [5.41, 5.74) is 0. The van der Waals surface area contributed by atoms with E-state index in [1.807, 2.05) is 11.9 Å². The van der Waals surface area contributed by atoms with E-state index in [1.54, 1.807) is 7.11 Å². The monoisotopic (exact) mass is 173 g/mol. The normalized spacial score (nSPS) is 30.6. The van der Waals surface area contributed by atoms with Crippen molar-refractivity contribution in [1.29, 1.82) is 0 Å². The molecule has 0 aliphatic carbocycles. The highest BCUT2D eigenvalue weighted by molar-refractivity contribution is 5.76. The predicted molar refractivity (Wildman–Crippen MR) is 43.8 cm³/mol. The van der Waals surface area contributed by atoms with Crippen LogP contribution in [-0.2, 0) is 14.3 Å². The van der Waals surface area contributed by atoms with Gasteiger partial charge in [-0.2, -0.15) is 0 Å². The highest BCUT2D eigenvalue weighted by Gasteiger charge is 2.38. The molecule has 12 heavy (non-hydrogen) atoms. The standard InChI is InChI=1S/C8H15NO3/c1-9-5-4-6(11-2)7(9)8(10)12-3/h6-7H,4-5H2,1-3H3/t6-,7-/m0/s1. The molecule has 0 bridgehead atoms. The Morgan fingerprint density at radius 3 is 2.67 bits per heavy atom. The van der Waals surface area contributed by atoms with Gasteiger partial charge in [-0.15, -0.1) is 0 Å². The molecule has 1 aliphatic rings. The zero-order valence-electron chi connectivity index (χ0n) is 7.74. The van der Waals surface area contributed by atoms with Gasteiger partial charge in [-0.05, 0) is 13.5 Å². The van der Waals surface area contributed by atoms with Crippen LogP contribution in [0.2, 0.25) is 0 Å². The second kappa shape index (κ2) is 3.87. The average molecular weight is 173 g/mol. The predicted octanol–water partition coefficient (Wildman–Crippen LogP) is -0.122. The fraction of sp³-hybridized carbons (Fsp3) is 0.875. The molecular formula is C8H15NO3. The molecule has 0 N–H and O–H groups in total. The van der Waals surface area contributed by atoms with E-state index in [0.717, 1.165) is 13.0 Å². The third-order valence-electron chi connectivity index (χ3n) is 2.34. The van der Waals surface area contributed by atoms with E-state index >= 15 is 0 Å². The Morgan fingerprint density at radius 2 is 2.17 bits per heavy atom. The van der Waals surface area contributed by atoms with E-state index in [1.165, 1.54) is 7.11 Å². The van der Waals surface area contributed by atoms with Crippen LogP contribution >= 0.6 is 0 Å². The Hall–Kier alpha value is -0.610. The van der Waals surface area contributed by atoms with Gasteiger partial charge >= 0.3 is 5.97 Å². The highest BCUT2D eigenvalue weighted by atomic mass is 16.5. The minimum absolute atomic E-state index is 0.0116. The lowest BCUT2D eigenvalue weighted by atomic mass is 10.2. The van der Waals surface area contributed by atoms with Gasteiger partial charge in [0.1, 0.15) is 6.04 Å². The first-order valence-corrected chi connectivity index (χ1v) is 4.01. The number of likely N-dealkylation sites (N-methyl/N-ethyl adjacent to an activating group) is 1. The molecular weight excluding hydrogens is 158 g/mol. The number of rotatable bonds is 2. The molecule has 0 aromatic heterocycles. The smallest absolute Gasteiger partial charge is 0.325 e. The van der Waals surface area contributed by atoms with Gasteiger partial charge in [0.05, 0.1) is 13.2 Å². The number of nitrogens with zero attached hydrogens (tertiary/aromatic N) is 1. The molecule has 0 amide bonds. The number of hydrogen-bond donors (Lipinski definition) is 0. The number of ether oxygens (including phenoxy) is 2. The maximum Gasteiger partial charge on any atom is 0.325 e. The van der Waals surface area contributed by atoms with Gasteiger partial charge in [-0.1, -0.05) is 0 Å². The van der Waals surface area contributed by atoms with Crippen LogP contribution in [0.3, 0.4) is 0 Å². The van der Waals surface area contributed by atoms with Crippen molar-refractivity contribution in [2.45, 2.75) is 18.6 Å². The Labute approximate surface area is 72.4 Å². The van der Waals surface area contributed by atoms with Crippen LogP contribution in [0, 0.1) is 0 Å². The van der Waals surface area contributed by atoms with E-state index < -0.39 is 0 Å². The fourth-order valence-corrected chi connectivity index (χ4v) is 1.61. The minimum atomic E-state index is -0.222. The summed E-state index contributed by atoms with van der Waals surface area (Å²) in [4.78, 5) is 13.2. The van der Waals surface area contributed by atoms with E-state index in [0.29, 0.717) is 0 Å². The lowest BCUT2D eigenvalue weighted by molar-refractivity contribution is -0.148. The van der Waals surface area contributed by atoms with Crippen molar-refractivity contribution in [2.24, 2.45) is 0 Å². The van der Waals surface area contributed by atoms with Crippen LogP contribution in [0.1, 0.15) is 6.42 Å². The van der Waals surface area contributed by atoms with E-state index in [-0.39, 0.29) is 18.1 Å². The molecule has 1 rings (SSSR count). The molecule has 1 heterocycles. The summed E-state index contributed by atoms with van der Waals surface area (Å²) >= 11 is 0. The molecule has 0 aromatic carbocycles. The second-order valence-corrected chi connectivity index (χ2v) is 3.01. The Balaban J connectivity index is 2.63. The van der Waals surface area contributed by atoms with Gasteiger partial charge in [0.15, 0.2) is 0 Å². The molecule has 0 unspecified atom stereocenters. The first kappa shape index (κ1) is 9.48. The molecule has 0 spiro atoms. The van der Waals surface area contributed by atoms with Gasteiger partial charge in [-0.25, -0.2) is 0 Å². The SMILES string of the molecule is COC(=O)[C@@H]1[C@@H](OC)CCN1C. The topological polar surface area (TPSA) is 38.8 Å². The minimum Gasteiger partial charge on any atom is -0.468 e. The average Bonchev–Trinajstić information content (AvgIpc) is 2.45. The molecule has 70 valence electrons. The summed E-state index contributed by atoms with van der Waals surface area (Å²) in [6.45, 7) is 0.887. The fourth-order valence-electron chi connectivity index (χ4n) is 1.61. The molecule has 0 aromatic rings. The third kappa shape index (κ3) is 1.59. The number of carbonyl (C=O) groups is 1. The van der Waals surface area contributed by atoms with Crippen molar-refractivity contribution in [3.05, 3.63) is 0 Å². The van der Waals surface area contributed by atoms with Gasteiger partial charge in [0.2, 0.25) is 0 Å². The summed E-state index contributed by atoms with van der Waals surface area (Å²) in [7, 11) is 4.93.